The summed E-state index contributed by atoms with van der Waals surface area (Å²) >= 11 is 0. The van der Waals surface area contributed by atoms with Crippen LogP contribution in [-0.4, -0.2) is 49.2 Å². The summed E-state index contributed by atoms with van der Waals surface area (Å²) in [7, 11) is 0. The monoisotopic (exact) mass is 197 g/mol. The first-order valence-corrected chi connectivity index (χ1v) is 5.44. The van der Waals surface area contributed by atoms with E-state index in [-0.39, 0.29) is 0 Å². The molecule has 2 aliphatic rings. The maximum atomic E-state index is 5.68. The van der Waals surface area contributed by atoms with Gasteiger partial charge in [0.2, 0.25) is 0 Å². The largest absolute Gasteiger partial charge is 0.372 e. The fourth-order valence-electron chi connectivity index (χ4n) is 2.08. The SMILES string of the molecule is CC1CN(C2=NCCCN2)CC(C)O1. The number of aliphatic imine (C=N–C) groups is 1. The van der Waals surface area contributed by atoms with Crippen LogP contribution >= 0.6 is 0 Å². The summed E-state index contributed by atoms with van der Waals surface area (Å²) in [6.45, 7) is 8.16. The first-order valence-electron chi connectivity index (χ1n) is 5.44. The minimum atomic E-state index is 0.310. The lowest BCUT2D eigenvalue weighted by molar-refractivity contribution is -0.0491. The number of morpholine rings is 1. The van der Waals surface area contributed by atoms with E-state index in [9.17, 15) is 0 Å². The molecular formula is C10H19N3O. The highest BCUT2D eigenvalue weighted by molar-refractivity contribution is 5.80. The molecule has 80 valence electrons. The summed E-state index contributed by atoms with van der Waals surface area (Å²) in [6, 6.07) is 0. The predicted molar refractivity (Wildman–Crippen MR) is 56.5 cm³/mol. The van der Waals surface area contributed by atoms with Crippen molar-refractivity contribution in [3.63, 3.8) is 0 Å². The minimum absolute atomic E-state index is 0.310. The van der Waals surface area contributed by atoms with Crippen LogP contribution in [0.2, 0.25) is 0 Å². The van der Waals surface area contributed by atoms with E-state index < -0.39 is 0 Å². The van der Waals surface area contributed by atoms with E-state index in [1.165, 1.54) is 0 Å². The highest BCUT2D eigenvalue weighted by atomic mass is 16.5. The second-order valence-electron chi connectivity index (χ2n) is 4.15. The third-order valence-electron chi connectivity index (χ3n) is 2.60. The van der Waals surface area contributed by atoms with E-state index in [4.69, 9.17) is 4.74 Å². The number of ether oxygens (including phenoxy) is 1. The Labute approximate surface area is 85.3 Å². The summed E-state index contributed by atoms with van der Waals surface area (Å²) in [6.07, 6.45) is 1.77. The molecule has 2 unspecified atom stereocenters. The average molecular weight is 197 g/mol. The van der Waals surface area contributed by atoms with Gasteiger partial charge in [-0.1, -0.05) is 0 Å². The third kappa shape index (κ3) is 2.18. The Morgan fingerprint density at radius 2 is 2.07 bits per heavy atom. The van der Waals surface area contributed by atoms with Gasteiger partial charge in [0.1, 0.15) is 0 Å². The molecule has 0 amide bonds. The lowest BCUT2D eigenvalue weighted by atomic mass is 10.2. The molecule has 2 aliphatic heterocycles. The molecule has 2 rings (SSSR count). The Morgan fingerprint density at radius 3 is 2.64 bits per heavy atom. The quantitative estimate of drug-likeness (QED) is 0.612. The van der Waals surface area contributed by atoms with Gasteiger partial charge < -0.3 is 15.0 Å². The van der Waals surface area contributed by atoms with Crippen LogP contribution < -0.4 is 5.32 Å². The number of nitrogens with zero attached hydrogens (tertiary/aromatic N) is 2. The van der Waals surface area contributed by atoms with E-state index in [0.29, 0.717) is 12.2 Å². The van der Waals surface area contributed by atoms with Crippen LogP contribution in [0.15, 0.2) is 4.99 Å². The second kappa shape index (κ2) is 4.17. The molecule has 0 radical (unpaired) electrons. The molecule has 1 N–H and O–H groups in total. The fourth-order valence-corrected chi connectivity index (χ4v) is 2.08. The Balaban J connectivity index is 1.98. The molecule has 4 nitrogen and oxygen atoms in total. The van der Waals surface area contributed by atoms with Gasteiger partial charge in [0.05, 0.1) is 12.2 Å². The van der Waals surface area contributed by atoms with Crippen molar-refractivity contribution < 1.29 is 4.74 Å². The third-order valence-corrected chi connectivity index (χ3v) is 2.60. The second-order valence-corrected chi connectivity index (χ2v) is 4.15. The molecule has 0 aromatic carbocycles. The van der Waals surface area contributed by atoms with Crippen molar-refractivity contribution in [2.75, 3.05) is 26.2 Å². The highest BCUT2D eigenvalue weighted by Crippen LogP contribution is 2.11. The van der Waals surface area contributed by atoms with E-state index >= 15 is 0 Å². The normalized spacial score (nSPS) is 33.6. The maximum Gasteiger partial charge on any atom is 0.194 e. The summed E-state index contributed by atoms with van der Waals surface area (Å²) in [5.74, 6) is 1.07. The molecule has 0 aromatic heterocycles. The first-order chi connectivity index (χ1) is 6.75. The van der Waals surface area contributed by atoms with Gasteiger partial charge in [0.15, 0.2) is 5.96 Å². The van der Waals surface area contributed by atoms with Crippen molar-refractivity contribution >= 4 is 5.96 Å². The van der Waals surface area contributed by atoms with E-state index in [1.54, 1.807) is 0 Å². The highest BCUT2D eigenvalue weighted by Gasteiger charge is 2.24. The van der Waals surface area contributed by atoms with E-state index in [0.717, 1.165) is 38.6 Å². The topological polar surface area (TPSA) is 36.9 Å². The summed E-state index contributed by atoms with van der Waals surface area (Å²) in [5.41, 5.74) is 0. The van der Waals surface area contributed by atoms with Crippen molar-refractivity contribution in [2.45, 2.75) is 32.5 Å². The molecule has 0 aliphatic carbocycles. The molecular weight excluding hydrogens is 178 g/mol. The van der Waals surface area contributed by atoms with Gasteiger partial charge in [-0.15, -0.1) is 0 Å². The molecule has 0 saturated carbocycles. The van der Waals surface area contributed by atoms with E-state index in [2.05, 4.69) is 29.1 Å². The van der Waals surface area contributed by atoms with Crippen molar-refractivity contribution in [3.05, 3.63) is 0 Å². The van der Waals surface area contributed by atoms with Crippen LogP contribution in [0.25, 0.3) is 0 Å². The van der Waals surface area contributed by atoms with Gasteiger partial charge >= 0.3 is 0 Å². The van der Waals surface area contributed by atoms with Crippen LogP contribution in [0, 0.1) is 0 Å². The number of hydrogen-bond donors (Lipinski definition) is 1. The molecule has 0 aromatic rings. The van der Waals surface area contributed by atoms with Gasteiger partial charge in [-0.25, -0.2) is 0 Å². The van der Waals surface area contributed by atoms with Crippen LogP contribution in [0.3, 0.4) is 0 Å². The Hall–Kier alpha value is -0.770. The maximum absolute atomic E-state index is 5.68. The number of guanidine groups is 1. The number of nitrogens with one attached hydrogen (secondary N) is 1. The lowest BCUT2D eigenvalue weighted by Crippen LogP contribution is -2.53. The summed E-state index contributed by atoms with van der Waals surface area (Å²) in [5, 5.41) is 3.35. The van der Waals surface area contributed by atoms with Gasteiger partial charge in [-0.2, -0.15) is 0 Å². The van der Waals surface area contributed by atoms with Crippen molar-refractivity contribution in [3.8, 4) is 0 Å². The fraction of sp³-hybridized carbons (Fsp3) is 0.900. The smallest absolute Gasteiger partial charge is 0.194 e. The Morgan fingerprint density at radius 1 is 1.36 bits per heavy atom. The van der Waals surface area contributed by atoms with Crippen molar-refractivity contribution in [1.29, 1.82) is 0 Å². The molecule has 2 heterocycles. The van der Waals surface area contributed by atoms with E-state index in [1.807, 2.05) is 0 Å². The van der Waals surface area contributed by atoms with Gasteiger partial charge in [-0.05, 0) is 20.3 Å². The minimum Gasteiger partial charge on any atom is -0.372 e. The Bertz CT molecular complexity index is 219. The molecule has 14 heavy (non-hydrogen) atoms. The molecule has 1 saturated heterocycles. The summed E-state index contributed by atoms with van der Waals surface area (Å²) in [4.78, 5) is 6.80. The van der Waals surface area contributed by atoms with Gasteiger partial charge in [0, 0.05) is 26.2 Å². The predicted octanol–water partition coefficient (Wildman–Crippen LogP) is 0.445. The number of hydrogen-bond acceptors (Lipinski definition) is 4. The van der Waals surface area contributed by atoms with Crippen molar-refractivity contribution in [2.24, 2.45) is 4.99 Å². The molecule has 0 spiro atoms. The average Bonchev–Trinajstić information content (AvgIpc) is 2.18. The zero-order valence-corrected chi connectivity index (χ0v) is 8.99. The van der Waals surface area contributed by atoms with Gasteiger partial charge in [-0.3, -0.25) is 4.99 Å². The summed E-state index contributed by atoms with van der Waals surface area (Å²) < 4.78 is 5.68. The molecule has 2 atom stereocenters. The standard InChI is InChI=1S/C10H19N3O/c1-8-6-13(7-9(2)14-8)10-11-4-3-5-12-10/h8-9H,3-7H2,1-2H3,(H,11,12). The van der Waals surface area contributed by atoms with Crippen LogP contribution in [0.4, 0.5) is 0 Å². The number of rotatable bonds is 0. The molecule has 0 bridgehead atoms. The molecule has 1 fully saturated rings. The Kier molecular flexibility index (Phi) is 2.91. The zero-order valence-electron chi connectivity index (χ0n) is 8.99. The van der Waals surface area contributed by atoms with Crippen LogP contribution in [0.5, 0.6) is 0 Å². The molecule has 4 heteroatoms. The van der Waals surface area contributed by atoms with Crippen LogP contribution in [-0.2, 0) is 4.74 Å². The van der Waals surface area contributed by atoms with Crippen LogP contribution in [0.1, 0.15) is 20.3 Å². The van der Waals surface area contributed by atoms with Crippen molar-refractivity contribution in [1.82, 2.24) is 10.2 Å². The first kappa shape index (κ1) is 9.77. The van der Waals surface area contributed by atoms with Gasteiger partial charge in [0.25, 0.3) is 0 Å². The zero-order chi connectivity index (χ0) is 9.97. The lowest BCUT2D eigenvalue weighted by Gasteiger charge is -2.38.